The zero-order valence-corrected chi connectivity index (χ0v) is 11.0. The van der Waals surface area contributed by atoms with E-state index in [-0.39, 0.29) is 0 Å². The van der Waals surface area contributed by atoms with E-state index in [1.54, 1.807) is 29.3 Å². The SMILES string of the molecule is Clc1ccc2sc(Sc3ccccn3)nc2c1. The Morgan fingerprint density at radius 1 is 1.18 bits per heavy atom. The molecule has 1 aromatic carbocycles. The van der Waals surface area contributed by atoms with Gasteiger partial charge in [-0.3, -0.25) is 0 Å². The van der Waals surface area contributed by atoms with E-state index in [4.69, 9.17) is 11.6 Å². The molecule has 0 aliphatic carbocycles. The first-order valence-electron chi connectivity index (χ1n) is 4.96. The van der Waals surface area contributed by atoms with Gasteiger partial charge in [0.15, 0.2) is 4.34 Å². The molecule has 2 heterocycles. The first-order valence-corrected chi connectivity index (χ1v) is 6.97. The molecule has 0 saturated heterocycles. The molecule has 0 fully saturated rings. The van der Waals surface area contributed by atoms with E-state index in [1.807, 2.05) is 36.4 Å². The van der Waals surface area contributed by atoms with Crippen molar-refractivity contribution in [1.29, 1.82) is 0 Å². The number of rotatable bonds is 2. The van der Waals surface area contributed by atoms with E-state index in [9.17, 15) is 0 Å². The van der Waals surface area contributed by atoms with E-state index in [2.05, 4.69) is 9.97 Å². The minimum Gasteiger partial charge on any atom is -0.250 e. The Hall–Kier alpha value is -1.10. The van der Waals surface area contributed by atoms with Gasteiger partial charge < -0.3 is 0 Å². The van der Waals surface area contributed by atoms with E-state index in [0.717, 1.165) is 24.6 Å². The lowest BCUT2D eigenvalue weighted by Crippen LogP contribution is -1.76. The standard InChI is InChI=1S/C12H7ClN2S2/c13-8-4-5-10-9(7-8)15-12(16-10)17-11-3-1-2-6-14-11/h1-7H. The molecule has 2 nitrogen and oxygen atoms in total. The Balaban J connectivity index is 1.96. The molecule has 2 aromatic heterocycles. The van der Waals surface area contributed by atoms with Crippen LogP contribution in [-0.2, 0) is 0 Å². The fraction of sp³-hybridized carbons (Fsp3) is 0. The molecule has 0 radical (unpaired) electrons. The van der Waals surface area contributed by atoms with Crippen molar-refractivity contribution in [2.24, 2.45) is 0 Å². The lowest BCUT2D eigenvalue weighted by atomic mass is 10.3. The van der Waals surface area contributed by atoms with E-state index in [1.165, 1.54) is 0 Å². The van der Waals surface area contributed by atoms with Crippen molar-refractivity contribution >= 4 is 44.9 Å². The third-order valence-corrected chi connectivity index (χ3v) is 4.44. The van der Waals surface area contributed by atoms with Gasteiger partial charge in [0.2, 0.25) is 0 Å². The van der Waals surface area contributed by atoms with Crippen LogP contribution in [0.5, 0.6) is 0 Å². The molecule has 84 valence electrons. The molecule has 0 saturated carbocycles. The average molecular weight is 279 g/mol. The molecule has 0 aliphatic heterocycles. The van der Waals surface area contributed by atoms with Gasteiger partial charge in [-0.1, -0.05) is 17.7 Å². The van der Waals surface area contributed by atoms with Gasteiger partial charge in [-0.25, -0.2) is 9.97 Å². The Kier molecular flexibility index (Phi) is 3.01. The van der Waals surface area contributed by atoms with Crippen LogP contribution in [0.15, 0.2) is 52.0 Å². The second-order valence-corrected chi connectivity index (χ2v) is 6.10. The summed E-state index contributed by atoms with van der Waals surface area (Å²) in [6, 6.07) is 11.6. The van der Waals surface area contributed by atoms with Crippen LogP contribution in [0.2, 0.25) is 5.02 Å². The highest BCUT2D eigenvalue weighted by molar-refractivity contribution is 8.01. The number of thiazole rings is 1. The van der Waals surface area contributed by atoms with Crippen molar-refractivity contribution in [1.82, 2.24) is 9.97 Å². The van der Waals surface area contributed by atoms with Gasteiger partial charge in [-0.05, 0) is 42.1 Å². The topological polar surface area (TPSA) is 25.8 Å². The quantitative estimate of drug-likeness (QED) is 0.690. The van der Waals surface area contributed by atoms with Gasteiger partial charge >= 0.3 is 0 Å². The molecular weight excluding hydrogens is 272 g/mol. The highest BCUT2D eigenvalue weighted by Crippen LogP contribution is 2.34. The molecule has 0 spiro atoms. The molecule has 5 heteroatoms. The van der Waals surface area contributed by atoms with Gasteiger partial charge in [0.05, 0.1) is 10.2 Å². The van der Waals surface area contributed by atoms with Crippen molar-refractivity contribution in [3.05, 3.63) is 47.6 Å². The summed E-state index contributed by atoms with van der Waals surface area (Å²) in [7, 11) is 0. The number of aromatic nitrogens is 2. The van der Waals surface area contributed by atoms with Gasteiger partial charge in [0.25, 0.3) is 0 Å². The maximum atomic E-state index is 5.93. The Bertz CT molecular complexity index is 652. The first-order chi connectivity index (χ1) is 8.31. The molecule has 0 aliphatic rings. The zero-order chi connectivity index (χ0) is 11.7. The highest BCUT2D eigenvalue weighted by atomic mass is 35.5. The normalized spacial score (nSPS) is 10.9. The van der Waals surface area contributed by atoms with Crippen molar-refractivity contribution in [3.63, 3.8) is 0 Å². The highest BCUT2D eigenvalue weighted by Gasteiger charge is 2.06. The predicted molar refractivity (Wildman–Crippen MR) is 73.0 cm³/mol. The minimum atomic E-state index is 0.720. The Morgan fingerprint density at radius 3 is 2.94 bits per heavy atom. The van der Waals surface area contributed by atoms with Crippen molar-refractivity contribution < 1.29 is 0 Å². The molecule has 0 bridgehead atoms. The van der Waals surface area contributed by atoms with Gasteiger partial charge in [0, 0.05) is 11.2 Å². The maximum Gasteiger partial charge on any atom is 0.157 e. The molecule has 0 N–H and O–H groups in total. The largest absolute Gasteiger partial charge is 0.250 e. The summed E-state index contributed by atoms with van der Waals surface area (Å²) in [5.74, 6) is 0. The van der Waals surface area contributed by atoms with Crippen LogP contribution in [0.4, 0.5) is 0 Å². The molecule has 3 rings (SSSR count). The summed E-state index contributed by atoms with van der Waals surface area (Å²) < 4.78 is 2.13. The molecule has 17 heavy (non-hydrogen) atoms. The number of benzene rings is 1. The molecular formula is C12H7ClN2S2. The molecule has 0 unspecified atom stereocenters. The number of pyridine rings is 1. The fourth-order valence-corrected chi connectivity index (χ4v) is 3.54. The molecule has 3 aromatic rings. The second-order valence-electron chi connectivity index (χ2n) is 3.36. The Morgan fingerprint density at radius 2 is 2.12 bits per heavy atom. The average Bonchev–Trinajstić information content (AvgIpc) is 2.71. The number of nitrogens with zero attached hydrogens (tertiary/aromatic N) is 2. The summed E-state index contributed by atoms with van der Waals surface area (Å²) in [5, 5.41) is 1.68. The number of halogens is 1. The van der Waals surface area contributed by atoms with Crippen LogP contribution < -0.4 is 0 Å². The monoisotopic (exact) mass is 278 g/mol. The van der Waals surface area contributed by atoms with E-state index < -0.39 is 0 Å². The van der Waals surface area contributed by atoms with E-state index in [0.29, 0.717) is 0 Å². The summed E-state index contributed by atoms with van der Waals surface area (Å²) in [6.45, 7) is 0. The van der Waals surface area contributed by atoms with E-state index >= 15 is 0 Å². The smallest absolute Gasteiger partial charge is 0.157 e. The van der Waals surface area contributed by atoms with Gasteiger partial charge in [-0.2, -0.15) is 0 Å². The van der Waals surface area contributed by atoms with Crippen molar-refractivity contribution in [3.8, 4) is 0 Å². The van der Waals surface area contributed by atoms with Crippen LogP contribution in [0.25, 0.3) is 10.2 Å². The fourth-order valence-electron chi connectivity index (χ4n) is 1.42. The second kappa shape index (κ2) is 4.64. The lowest BCUT2D eigenvalue weighted by Gasteiger charge is -1.93. The number of fused-ring (bicyclic) bond motifs is 1. The Labute approximate surface area is 112 Å². The van der Waals surface area contributed by atoms with Crippen LogP contribution >= 0.6 is 34.7 Å². The van der Waals surface area contributed by atoms with Crippen LogP contribution in [0.3, 0.4) is 0 Å². The molecule has 0 amide bonds. The molecule has 0 atom stereocenters. The summed E-state index contributed by atoms with van der Waals surface area (Å²) in [6.07, 6.45) is 1.78. The first kappa shape index (κ1) is 11.0. The third kappa shape index (κ3) is 2.44. The van der Waals surface area contributed by atoms with Gasteiger partial charge in [0.1, 0.15) is 5.03 Å². The van der Waals surface area contributed by atoms with Crippen molar-refractivity contribution in [2.75, 3.05) is 0 Å². The van der Waals surface area contributed by atoms with Crippen LogP contribution in [-0.4, -0.2) is 9.97 Å². The number of hydrogen-bond acceptors (Lipinski definition) is 4. The summed E-state index contributed by atoms with van der Waals surface area (Å²) >= 11 is 9.16. The van der Waals surface area contributed by atoms with Gasteiger partial charge in [-0.15, -0.1) is 11.3 Å². The maximum absolute atomic E-state index is 5.93. The predicted octanol–water partition coefficient (Wildman–Crippen LogP) is 4.50. The lowest BCUT2D eigenvalue weighted by molar-refractivity contribution is 1.13. The van der Waals surface area contributed by atoms with Crippen LogP contribution in [0, 0.1) is 0 Å². The minimum absolute atomic E-state index is 0.720. The third-order valence-electron chi connectivity index (χ3n) is 2.16. The van der Waals surface area contributed by atoms with Crippen LogP contribution in [0.1, 0.15) is 0 Å². The van der Waals surface area contributed by atoms with Crippen molar-refractivity contribution in [2.45, 2.75) is 9.37 Å². The number of hydrogen-bond donors (Lipinski definition) is 0. The zero-order valence-electron chi connectivity index (χ0n) is 8.63. The summed E-state index contributed by atoms with van der Waals surface area (Å²) in [4.78, 5) is 8.79. The summed E-state index contributed by atoms with van der Waals surface area (Å²) in [5.41, 5.74) is 0.945.